The van der Waals surface area contributed by atoms with Crippen molar-refractivity contribution >= 4 is 17.2 Å². The zero-order valence-electron chi connectivity index (χ0n) is 10.0. The number of aryl methyl sites for hydroxylation is 1. The maximum absolute atomic E-state index is 11.8. The largest absolute Gasteiger partial charge is 0.507 e. The SMILES string of the molecule is Cc1ccc(C(=O)NCCc2cscn2)c(O)c1. The Morgan fingerprint density at radius 1 is 1.50 bits per heavy atom. The van der Waals surface area contributed by atoms with Crippen molar-refractivity contribution < 1.29 is 9.90 Å². The quantitative estimate of drug-likeness (QED) is 0.887. The van der Waals surface area contributed by atoms with Crippen LogP contribution in [0.15, 0.2) is 29.1 Å². The molecule has 0 saturated heterocycles. The lowest BCUT2D eigenvalue weighted by Crippen LogP contribution is -2.25. The first kappa shape index (κ1) is 12.6. The Bertz CT molecular complexity index is 538. The Labute approximate surface area is 109 Å². The van der Waals surface area contributed by atoms with Crippen LogP contribution in [-0.4, -0.2) is 22.5 Å². The van der Waals surface area contributed by atoms with Crippen molar-refractivity contribution in [2.24, 2.45) is 0 Å². The lowest BCUT2D eigenvalue weighted by atomic mass is 10.1. The predicted octanol–water partition coefficient (Wildman–Crippen LogP) is 2.13. The molecule has 18 heavy (non-hydrogen) atoms. The molecule has 94 valence electrons. The Hall–Kier alpha value is -1.88. The topological polar surface area (TPSA) is 62.2 Å². The van der Waals surface area contributed by atoms with E-state index in [2.05, 4.69) is 10.3 Å². The zero-order valence-corrected chi connectivity index (χ0v) is 10.8. The molecule has 1 amide bonds. The van der Waals surface area contributed by atoms with Crippen LogP contribution in [0.5, 0.6) is 5.75 Å². The summed E-state index contributed by atoms with van der Waals surface area (Å²) in [5, 5.41) is 14.4. The maximum atomic E-state index is 11.8. The van der Waals surface area contributed by atoms with Crippen molar-refractivity contribution in [3.8, 4) is 5.75 Å². The summed E-state index contributed by atoms with van der Waals surface area (Å²) >= 11 is 1.54. The number of rotatable bonds is 4. The van der Waals surface area contributed by atoms with Gasteiger partial charge in [-0.05, 0) is 24.6 Å². The van der Waals surface area contributed by atoms with E-state index in [1.165, 1.54) is 11.3 Å². The van der Waals surface area contributed by atoms with Crippen molar-refractivity contribution in [3.63, 3.8) is 0 Å². The van der Waals surface area contributed by atoms with Gasteiger partial charge in [0.1, 0.15) is 5.75 Å². The minimum Gasteiger partial charge on any atom is -0.507 e. The first-order valence-corrected chi connectivity index (χ1v) is 6.56. The number of thiazole rings is 1. The molecule has 0 aliphatic rings. The summed E-state index contributed by atoms with van der Waals surface area (Å²) in [7, 11) is 0. The third-order valence-corrected chi connectivity index (χ3v) is 3.18. The molecule has 1 aromatic heterocycles. The summed E-state index contributed by atoms with van der Waals surface area (Å²) in [5.74, 6) is -0.246. The summed E-state index contributed by atoms with van der Waals surface area (Å²) in [6.45, 7) is 2.37. The maximum Gasteiger partial charge on any atom is 0.255 e. The van der Waals surface area contributed by atoms with Crippen molar-refractivity contribution in [2.75, 3.05) is 6.54 Å². The van der Waals surface area contributed by atoms with Gasteiger partial charge in [0, 0.05) is 18.3 Å². The molecule has 4 nitrogen and oxygen atoms in total. The summed E-state index contributed by atoms with van der Waals surface area (Å²) in [4.78, 5) is 15.9. The summed E-state index contributed by atoms with van der Waals surface area (Å²) in [6.07, 6.45) is 0.696. The van der Waals surface area contributed by atoms with E-state index in [4.69, 9.17) is 0 Å². The molecule has 0 saturated carbocycles. The van der Waals surface area contributed by atoms with Gasteiger partial charge in [0.05, 0.1) is 16.8 Å². The van der Waals surface area contributed by atoms with Crippen LogP contribution in [-0.2, 0) is 6.42 Å². The highest BCUT2D eigenvalue weighted by Crippen LogP contribution is 2.18. The number of aromatic nitrogens is 1. The number of hydrogen-bond acceptors (Lipinski definition) is 4. The first-order chi connectivity index (χ1) is 8.66. The summed E-state index contributed by atoms with van der Waals surface area (Å²) in [5.41, 5.74) is 3.96. The molecular weight excluding hydrogens is 248 g/mol. The number of phenolic OH excluding ortho intramolecular Hbond substituents is 1. The molecule has 1 aromatic carbocycles. The fraction of sp³-hybridized carbons (Fsp3) is 0.231. The minimum atomic E-state index is -0.261. The van der Waals surface area contributed by atoms with Gasteiger partial charge < -0.3 is 10.4 Å². The Kier molecular flexibility index (Phi) is 3.94. The van der Waals surface area contributed by atoms with Gasteiger partial charge in [-0.1, -0.05) is 6.07 Å². The van der Waals surface area contributed by atoms with Crippen LogP contribution >= 0.6 is 11.3 Å². The Morgan fingerprint density at radius 2 is 2.33 bits per heavy atom. The van der Waals surface area contributed by atoms with Gasteiger partial charge in [-0.2, -0.15) is 0 Å². The fourth-order valence-corrected chi connectivity index (χ4v) is 2.19. The van der Waals surface area contributed by atoms with Gasteiger partial charge in [0.25, 0.3) is 5.91 Å². The highest BCUT2D eigenvalue weighted by molar-refractivity contribution is 7.07. The van der Waals surface area contributed by atoms with E-state index in [9.17, 15) is 9.90 Å². The van der Waals surface area contributed by atoms with Gasteiger partial charge >= 0.3 is 0 Å². The molecule has 0 bridgehead atoms. The van der Waals surface area contributed by atoms with Gasteiger partial charge in [0.2, 0.25) is 0 Å². The number of carbonyl (C=O) groups is 1. The van der Waals surface area contributed by atoms with Gasteiger partial charge in [-0.15, -0.1) is 11.3 Å². The molecule has 2 aromatic rings. The molecule has 0 radical (unpaired) electrons. The number of phenols is 1. The molecule has 0 aliphatic carbocycles. The average Bonchev–Trinajstić information content (AvgIpc) is 2.81. The van der Waals surface area contributed by atoms with Crippen LogP contribution in [0.25, 0.3) is 0 Å². The van der Waals surface area contributed by atoms with E-state index < -0.39 is 0 Å². The monoisotopic (exact) mass is 262 g/mol. The van der Waals surface area contributed by atoms with E-state index in [0.717, 1.165) is 11.3 Å². The van der Waals surface area contributed by atoms with E-state index in [1.54, 1.807) is 23.7 Å². The lowest BCUT2D eigenvalue weighted by molar-refractivity contribution is 0.0951. The van der Waals surface area contributed by atoms with Crippen molar-refractivity contribution in [3.05, 3.63) is 45.9 Å². The molecule has 5 heteroatoms. The third kappa shape index (κ3) is 3.07. The number of aromatic hydroxyl groups is 1. The highest BCUT2D eigenvalue weighted by atomic mass is 32.1. The standard InChI is InChI=1S/C13H14N2O2S/c1-9-2-3-11(12(16)6-9)13(17)14-5-4-10-7-18-8-15-10/h2-3,6-8,16H,4-5H2,1H3,(H,14,17). The molecule has 0 fully saturated rings. The number of nitrogens with zero attached hydrogens (tertiary/aromatic N) is 1. The second-order valence-electron chi connectivity index (χ2n) is 4.01. The molecule has 0 atom stereocenters. The molecule has 0 unspecified atom stereocenters. The van der Waals surface area contributed by atoms with Crippen molar-refractivity contribution in [1.82, 2.24) is 10.3 Å². The van der Waals surface area contributed by atoms with Crippen LogP contribution < -0.4 is 5.32 Å². The lowest BCUT2D eigenvalue weighted by Gasteiger charge is -2.06. The molecule has 1 heterocycles. The van der Waals surface area contributed by atoms with Crippen LogP contribution in [0.1, 0.15) is 21.6 Å². The number of benzene rings is 1. The van der Waals surface area contributed by atoms with Crippen molar-refractivity contribution in [2.45, 2.75) is 13.3 Å². The van der Waals surface area contributed by atoms with Gasteiger partial charge in [-0.3, -0.25) is 4.79 Å². The molecule has 2 rings (SSSR count). The minimum absolute atomic E-state index is 0.0150. The number of carbonyl (C=O) groups excluding carboxylic acids is 1. The zero-order chi connectivity index (χ0) is 13.0. The first-order valence-electron chi connectivity index (χ1n) is 5.61. The fourth-order valence-electron chi connectivity index (χ4n) is 1.59. The smallest absolute Gasteiger partial charge is 0.255 e. The van der Waals surface area contributed by atoms with Crippen LogP contribution in [0.4, 0.5) is 0 Å². The van der Waals surface area contributed by atoms with Crippen LogP contribution in [0, 0.1) is 6.92 Å². The van der Waals surface area contributed by atoms with E-state index in [0.29, 0.717) is 18.5 Å². The summed E-state index contributed by atoms with van der Waals surface area (Å²) in [6, 6.07) is 5.01. The average molecular weight is 262 g/mol. The molecule has 0 spiro atoms. The van der Waals surface area contributed by atoms with Crippen molar-refractivity contribution in [1.29, 1.82) is 0 Å². The van der Waals surface area contributed by atoms with E-state index >= 15 is 0 Å². The Balaban J connectivity index is 1.91. The second kappa shape index (κ2) is 5.64. The number of amides is 1. The second-order valence-corrected chi connectivity index (χ2v) is 4.72. The van der Waals surface area contributed by atoms with Crippen LogP contribution in [0.3, 0.4) is 0 Å². The van der Waals surface area contributed by atoms with Crippen LogP contribution in [0.2, 0.25) is 0 Å². The Morgan fingerprint density at radius 3 is 3.00 bits per heavy atom. The molecular formula is C13H14N2O2S. The molecule has 2 N–H and O–H groups in total. The third-order valence-electron chi connectivity index (χ3n) is 2.55. The van der Waals surface area contributed by atoms with E-state index in [-0.39, 0.29) is 11.7 Å². The van der Waals surface area contributed by atoms with Gasteiger partial charge in [0.15, 0.2) is 0 Å². The molecule has 0 aliphatic heterocycles. The van der Waals surface area contributed by atoms with Gasteiger partial charge in [-0.25, -0.2) is 4.98 Å². The van der Waals surface area contributed by atoms with E-state index in [1.807, 2.05) is 12.3 Å². The number of nitrogens with one attached hydrogen (secondary N) is 1. The highest BCUT2D eigenvalue weighted by Gasteiger charge is 2.10. The number of hydrogen-bond donors (Lipinski definition) is 2. The normalized spacial score (nSPS) is 10.3. The summed E-state index contributed by atoms with van der Waals surface area (Å²) < 4.78 is 0. The predicted molar refractivity (Wildman–Crippen MR) is 71.0 cm³/mol.